The molecule has 1 aliphatic rings. The normalized spacial score (nSPS) is 17.4. The first kappa shape index (κ1) is 15.8. The molecule has 122 valence electrons. The predicted octanol–water partition coefficient (Wildman–Crippen LogP) is 1.30. The van der Waals surface area contributed by atoms with E-state index in [2.05, 4.69) is 11.2 Å². The summed E-state index contributed by atoms with van der Waals surface area (Å²) in [7, 11) is 0. The van der Waals surface area contributed by atoms with Gasteiger partial charge in [-0.05, 0) is 31.0 Å². The minimum Gasteiger partial charge on any atom is -0.481 e. The zero-order valence-corrected chi connectivity index (χ0v) is 13.2. The Morgan fingerprint density at radius 1 is 1.33 bits per heavy atom. The van der Waals surface area contributed by atoms with Crippen molar-refractivity contribution in [2.24, 2.45) is 0 Å². The number of terminal acetylenes is 1. The van der Waals surface area contributed by atoms with E-state index in [0.717, 1.165) is 10.9 Å². The van der Waals surface area contributed by atoms with Crippen molar-refractivity contribution in [2.75, 3.05) is 6.61 Å². The van der Waals surface area contributed by atoms with Gasteiger partial charge in [0.25, 0.3) is 5.56 Å². The maximum atomic E-state index is 12.5. The van der Waals surface area contributed by atoms with Crippen molar-refractivity contribution in [1.29, 1.82) is 0 Å². The van der Waals surface area contributed by atoms with Gasteiger partial charge in [0, 0.05) is 23.9 Å². The van der Waals surface area contributed by atoms with Crippen LogP contribution in [0.15, 0.2) is 29.1 Å². The van der Waals surface area contributed by atoms with Crippen LogP contribution in [0.25, 0.3) is 10.9 Å². The third-order valence-electron chi connectivity index (χ3n) is 4.07. The second kappa shape index (κ2) is 6.20. The van der Waals surface area contributed by atoms with Gasteiger partial charge in [0.15, 0.2) is 0 Å². The molecule has 1 unspecified atom stereocenters. The van der Waals surface area contributed by atoms with Gasteiger partial charge in [0.1, 0.15) is 18.4 Å². The quantitative estimate of drug-likeness (QED) is 0.682. The summed E-state index contributed by atoms with van der Waals surface area (Å²) in [5.74, 6) is 2.12. The summed E-state index contributed by atoms with van der Waals surface area (Å²) < 4.78 is 6.85. The smallest absolute Gasteiger partial charge is 0.252 e. The van der Waals surface area contributed by atoms with Crippen LogP contribution in [-0.2, 0) is 9.59 Å². The molecule has 0 radical (unpaired) electrons. The molecule has 1 saturated heterocycles. The average Bonchev–Trinajstić information content (AvgIpc) is 2.54. The maximum absolute atomic E-state index is 12.5. The molecular formula is C18H16N2O4. The number of rotatable bonds is 3. The Kier molecular flexibility index (Phi) is 4.09. The number of pyridine rings is 1. The van der Waals surface area contributed by atoms with E-state index in [1.807, 2.05) is 13.0 Å². The number of hydrogen-bond donors (Lipinski definition) is 1. The van der Waals surface area contributed by atoms with Gasteiger partial charge in [-0.3, -0.25) is 24.3 Å². The van der Waals surface area contributed by atoms with Gasteiger partial charge < -0.3 is 4.74 Å². The van der Waals surface area contributed by atoms with Gasteiger partial charge in [-0.15, -0.1) is 6.42 Å². The monoisotopic (exact) mass is 324 g/mol. The molecule has 0 bridgehead atoms. The second-order valence-electron chi connectivity index (χ2n) is 5.67. The number of imide groups is 1. The summed E-state index contributed by atoms with van der Waals surface area (Å²) in [5, 5.41) is 3.13. The molecule has 1 aliphatic heterocycles. The largest absolute Gasteiger partial charge is 0.481 e. The van der Waals surface area contributed by atoms with E-state index >= 15 is 0 Å². The first-order valence-electron chi connectivity index (χ1n) is 7.57. The molecule has 1 atom stereocenters. The van der Waals surface area contributed by atoms with E-state index in [-0.39, 0.29) is 30.9 Å². The summed E-state index contributed by atoms with van der Waals surface area (Å²) in [4.78, 5) is 36.1. The number of carbonyl (C=O) groups excluding carboxylic acids is 2. The van der Waals surface area contributed by atoms with Gasteiger partial charge in [-0.1, -0.05) is 5.92 Å². The Balaban J connectivity index is 2.18. The fourth-order valence-electron chi connectivity index (χ4n) is 2.96. The van der Waals surface area contributed by atoms with Crippen LogP contribution in [0.2, 0.25) is 0 Å². The number of nitrogens with zero attached hydrogens (tertiary/aromatic N) is 1. The number of amides is 2. The van der Waals surface area contributed by atoms with Crippen molar-refractivity contribution < 1.29 is 14.3 Å². The van der Waals surface area contributed by atoms with Crippen LogP contribution in [0.4, 0.5) is 0 Å². The number of ether oxygens (including phenoxy) is 1. The number of nitrogens with one attached hydrogen (secondary N) is 1. The molecule has 1 aromatic carbocycles. The molecule has 0 saturated carbocycles. The minimum absolute atomic E-state index is 0.111. The van der Waals surface area contributed by atoms with E-state index in [1.165, 1.54) is 10.6 Å². The van der Waals surface area contributed by atoms with Crippen LogP contribution in [0.5, 0.6) is 5.75 Å². The van der Waals surface area contributed by atoms with Crippen LogP contribution in [-0.4, -0.2) is 23.0 Å². The number of benzene rings is 1. The van der Waals surface area contributed by atoms with Gasteiger partial charge in [0.05, 0.1) is 5.52 Å². The number of carbonyl (C=O) groups is 2. The van der Waals surface area contributed by atoms with Gasteiger partial charge in [-0.2, -0.15) is 0 Å². The topological polar surface area (TPSA) is 77.4 Å². The number of hydrogen-bond acceptors (Lipinski definition) is 4. The third-order valence-corrected chi connectivity index (χ3v) is 4.07. The lowest BCUT2D eigenvalue weighted by Crippen LogP contribution is -2.44. The van der Waals surface area contributed by atoms with Crippen molar-refractivity contribution in [1.82, 2.24) is 9.88 Å². The number of fused-ring (bicyclic) bond motifs is 1. The van der Waals surface area contributed by atoms with Crippen molar-refractivity contribution in [3.05, 3.63) is 40.2 Å². The van der Waals surface area contributed by atoms with E-state index in [1.54, 1.807) is 12.1 Å². The Bertz CT molecular complexity index is 936. The summed E-state index contributed by atoms with van der Waals surface area (Å²) in [6.45, 7) is 1.94. The van der Waals surface area contributed by atoms with Crippen LogP contribution in [0.3, 0.4) is 0 Å². The maximum Gasteiger partial charge on any atom is 0.252 e. The molecule has 2 amide bonds. The van der Waals surface area contributed by atoms with Crippen molar-refractivity contribution >= 4 is 22.7 Å². The third kappa shape index (κ3) is 2.76. The highest BCUT2D eigenvalue weighted by molar-refractivity contribution is 6.00. The van der Waals surface area contributed by atoms with Crippen molar-refractivity contribution in [3.63, 3.8) is 0 Å². The summed E-state index contributed by atoms with van der Waals surface area (Å²) in [5.41, 5.74) is 1.11. The molecule has 1 fully saturated rings. The number of aryl methyl sites for hydroxylation is 1. The molecule has 6 nitrogen and oxygen atoms in total. The fraction of sp³-hybridized carbons (Fsp3) is 0.278. The van der Waals surface area contributed by atoms with Gasteiger partial charge in [0.2, 0.25) is 11.8 Å². The fourth-order valence-corrected chi connectivity index (χ4v) is 2.96. The average molecular weight is 324 g/mol. The first-order valence-corrected chi connectivity index (χ1v) is 7.57. The van der Waals surface area contributed by atoms with Gasteiger partial charge in [-0.25, -0.2) is 0 Å². The van der Waals surface area contributed by atoms with E-state index in [9.17, 15) is 14.4 Å². The molecule has 6 heteroatoms. The first-order chi connectivity index (χ1) is 11.5. The predicted molar refractivity (Wildman–Crippen MR) is 88.7 cm³/mol. The lowest BCUT2D eigenvalue weighted by atomic mass is 10.0. The summed E-state index contributed by atoms with van der Waals surface area (Å²) in [6, 6.07) is 6.07. The number of aromatic nitrogens is 1. The highest BCUT2D eigenvalue weighted by Crippen LogP contribution is 2.27. The molecular weight excluding hydrogens is 308 g/mol. The standard InChI is InChI=1S/C18H16N2O4/c1-3-8-24-12-4-5-13-11(2)9-17(22)20(15(13)10-12)14-6-7-16(21)19-18(14)23/h1,4-5,9-10,14H,6-8H2,2H3,(H,19,21,23). The molecule has 24 heavy (non-hydrogen) atoms. The van der Waals surface area contributed by atoms with E-state index in [0.29, 0.717) is 11.3 Å². The SMILES string of the molecule is C#CCOc1ccc2c(C)cc(=O)n(C3CCC(=O)NC3=O)c2c1. The van der Waals surface area contributed by atoms with Crippen molar-refractivity contribution in [2.45, 2.75) is 25.8 Å². The molecule has 1 N–H and O–H groups in total. The second-order valence-corrected chi connectivity index (χ2v) is 5.67. The molecule has 3 rings (SSSR count). The van der Waals surface area contributed by atoms with Crippen molar-refractivity contribution in [3.8, 4) is 18.1 Å². The highest BCUT2D eigenvalue weighted by atomic mass is 16.5. The lowest BCUT2D eigenvalue weighted by molar-refractivity contribution is -0.135. The lowest BCUT2D eigenvalue weighted by Gasteiger charge is -2.25. The van der Waals surface area contributed by atoms with Crippen LogP contribution >= 0.6 is 0 Å². The zero-order chi connectivity index (χ0) is 17.3. The van der Waals surface area contributed by atoms with E-state index < -0.39 is 11.9 Å². The van der Waals surface area contributed by atoms with Gasteiger partial charge >= 0.3 is 0 Å². The molecule has 0 spiro atoms. The number of piperidine rings is 1. The van der Waals surface area contributed by atoms with Crippen LogP contribution in [0.1, 0.15) is 24.4 Å². The highest BCUT2D eigenvalue weighted by Gasteiger charge is 2.30. The summed E-state index contributed by atoms with van der Waals surface area (Å²) >= 11 is 0. The molecule has 2 aromatic rings. The molecule has 2 heterocycles. The Hall–Kier alpha value is -3.07. The van der Waals surface area contributed by atoms with Crippen LogP contribution < -0.4 is 15.6 Å². The zero-order valence-electron chi connectivity index (χ0n) is 13.2. The van der Waals surface area contributed by atoms with Crippen LogP contribution in [0, 0.1) is 19.3 Å². The van der Waals surface area contributed by atoms with E-state index in [4.69, 9.17) is 11.2 Å². The Morgan fingerprint density at radius 3 is 2.83 bits per heavy atom. The Labute approximate surface area is 138 Å². The Morgan fingerprint density at radius 2 is 2.12 bits per heavy atom. The summed E-state index contributed by atoms with van der Waals surface area (Å²) in [6.07, 6.45) is 5.69. The molecule has 0 aliphatic carbocycles. The molecule has 1 aromatic heterocycles. The minimum atomic E-state index is -0.721.